The maximum absolute atomic E-state index is 11.0. The van der Waals surface area contributed by atoms with Crippen LogP contribution in [-0.2, 0) is 4.79 Å². The molecule has 3 nitrogen and oxygen atoms in total. The molecule has 0 fully saturated rings. The fourth-order valence-corrected chi connectivity index (χ4v) is 1.36. The van der Waals surface area contributed by atoms with Gasteiger partial charge in [0.25, 0.3) is 0 Å². The number of para-hydroxylation sites is 1. The van der Waals surface area contributed by atoms with Crippen molar-refractivity contribution in [2.24, 2.45) is 5.73 Å². The van der Waals surface area contributed by atoms with E-state index in [1.807, 2.05) is 24.3 Å². The monoisotopic (exact) mass is 189 g/mol. The third-order valence-electron chi connectivity index (χ3n) is 2.19. The SMILES string of the molecule is CC(=O)C(N)c1cc2ccccc2o1. The molecule has 2 N–H and O–H groups in total. The van der Waals surface area contributed by atoms with E-state index < -0.39 is 6.04 Å². The molecule has 14 heavy (non-hydrogen) atoms. The Labute approximate surface area is 81.5 Å². The van der Waals surface area contributed by atoms with Crippen molar-refractivity contribution in [3.63, 3.8) is 0 Å². The summed E-state index contributed by atoms with van der Waals surface area (Å²) in [6, 6.07) is 8.74. The molecular formula is C11H11NO2. The Morgan fingerprint density at radius 1 is 1.43 bits per heavy atom. The van der Waals surface area contributed by atoms with Crippen molar-refractivity contribution in [2.45, 2.75) is 13.0 Å². The normalized spacial score (nSPS) is 13.0. The summed E-state index contributed by atoms with van der Waals surface area (Å²) in [5.41, 5.74) is 6.42. The minimum absolute atomic E-state index is 0.0935. The summed E-state index contributed by atoms with van der Waals surface area (Å²) in [6.45, 7) is 1.46. The van der Waals surface area contributed by atoms with Gasteiger partial charge in [0.15, 0.2) is 5.78 Å². The number of furan rings is 1. The lowest BCUT2D eigenvalue weighted by atomic mass is 10.1. The van der Waals surface area contributed by atoms with Crippen LogP contribution in [0.5, 0.6) is 0 Å². The van der Waals surface area contributed by atoms with Crippen LogP contribution in [0.3, 0.4) is 0 Å². The van der Waals surface area contributed by atoms with Gasteiger partial charge in [0.05, 0.1) is 0 Å². The number of Topliss-reactive ketones (excluding diaryl/α,β-unsaturated/α-hetero) is 1. The number of rotatable bonds is 2. The molecule has 0 aliphatic heterocycles. The first-order valence-corrected chi connectivity index (χ1v) is 4.43. The van der Waals surface area contributed by atoms with Gasteiger partial charge in [0.2, 0.25) is 0 Å². The molecule has 1 heterocycles. The Morgan fingerprint density at radius 3 is 2.79 bits per heavy atom. The van der Waals surface area contributed by atoms with Gasteiger partial charge in [-0.1, -0.05) is 18.2 Å². The fourth-order valence-electron chi connectivity index (χ4n) is 1.36. The highest BCUT2D eigenvalue weighted by Crippen LogP contribution is 2.22. The summed E-state index contributed by atoms with van der Waals surface area (Å²) < 4.78 is 5.45. The Kier molecular flexibility index (Phi) is 2.09. The van der Waals surface area contributed by atoms with E-state index in [9.17, 15) is 4.79 Å². The summed E-state index contributed by atoms with van der Waals surface area (Å²) in [5, 5.41) is 0.971. The van der Waals surface area contributed by atoms with Crippen LogP contribution in [-0.4, -0.2) is 5.78 Å². The fraction of sp³-hybridized carbons (Fsp3) is 0.182. The first kappa shape index (κ1) is 8.97. The van der Waals surface area contributed by atoms with E-state index in [4.69, 9.17) is 10.2 Å². The van der Waals surface area contributed by atoms with Crippen LogP contribution in [0.2, 0.25) is 0 Å². The van der Waals surface area contributed by atoms with E-state index in [2.05, 4.69) is 0 Å². The van der Waals surface area contributed by atoms with Crippen LogP contribution in [0.4, 0.5) is 0 Å². The standard InChI is InChI=1S/C11H11NO2/c1-7(13)11(12)10-6-8-4-2-3-5-9(8)14-10/h2-6,11H,12H2,1H3. The number of hydrogen-bond acceptors (Lipinski definition) is 3. The average molecular weight is 189 g/mol. The molecule has 72 valence electrons. The molecule has 0 bridgehead atoms. The minimum Gasteiger partial charge on any atom is -0.459 e. The quantitative estimate of drug-likeness (QED) is 0.786. The molecule has 0 aliphatic rings. The zero-order valence-corrected chi connectivity index (χ0v) is 7.86. The lowest BCUT2D eigenvalue weighted by molar-refractivity contribution is -0.118. The summed E-state index contributed by atoms with van der Waals surface area (Å²) in [6.07, 6.45) is 0. The van der Waals surface area contributed by atoms with Crippen LogP contribution in [0.15, 0.2) is 34.7 Å². The predicted molar refractivity (Wildman–Crippen MR) is 53.8 cm³/mol. The van der Waals surface area contributed by atoms with Crippen molar-refractivity contribution in [2.75, 3.05) is 0 Å². The average Bonchev–Trinajstić information content (AvgIpc) is 2.59. The third-order valence-corrected chi connectivity index (χ3v) is 2.19. The maximum atomic E-state index is 11.0. The van der Waals surface area contributed by atoms with Crippen LogP contribution >= 0.6 is 0 Å². The largest absolute Gasteiger partial charge is 0.459 e. The summed E-state index contributed by atoms with van der Waals surface area (Å²) in [7, 11) is 0. The van der Waals surface area contributed by atoms with Gasteiger partial charge >= 0.3 is 0 Å². The van der Waals surface area contributed by atoms with Gasteiger partial charge in [-0.3, -0.25) is 4.79 Å². The van der Waals surface area contributed by atoms with Crippen molar-refractivity contribution in [1.29, 1.82) is 0 Å². The maximum Gasteiger partial charge on any atom is 0.154 e. The Hall–Kier alpha value is -1.61. The van der Waals surface area contributed by atoms with Gasteiger partial charge in [0.1, 0.15) is 17.4 Å². The van der Waals surface area contributed by atoms with E-state index in [1.54, 1.807) is 6.07 Å². The molecule has 0 radical (unpaired) electrons. The van der Waals surface area contributed by atoms with Gasteiger partial charge in [-0.2, -0.15) is 0 Å². The number of fused-ring (bicyclic) bond motifs is 1. The van der Waals surface area contributed by atoms with Gasteiger partial charge in [-0.05, 0) is 19.1 Å². The number of carbonyl (C=O) groups is 1. The van der Waals surface area contributed by atoms with Crippen molar-refractivity contribution in [3.8, 4) is 0 Å². The van der Waals surface area contributed by atoms with Gasteiger partial charge in [0, 0.05) is 5.39 Å². The van der Waals surface area contributed by atoms with Crippen molar-refractivity contribution >= 4 is 16.8 Å². The number of carbonyl (C=O) groups excluding carboxylic acids is 1. The molecule has 0 amide bonds. The predicted octanol–water partition coefficient (Wildman–Crippen LogP) is 2.02. The third kappa shape index (κ3) is 1.42. The van der Waals surface area contributed by atoms with Crippen LogP contribution < -0.4 is 5.73 Å². The minimum atomic E-state index is -0.651. The zero-order valence-electron chi connectivity index (χ0n) is 7.86. The molecule has 2 rings (SSSR count). The number of benzene rings is 1. The second-order valence-corrected chi connectivity index (χ2v) is 3.27. The van der Waals surface area contributed by atoms with Crippen LogP contribution in [0.1, 0.15) is 18.7 Å². The number of hydrogen-bond donors (Lipinski definition) is 1. The molecule has 0 saturated carbocycles. The molecule has 1 unspecified atom stereocenters. The Morgan fingerprint density at radius 2 is 2.14 bits per heavy atom. The Balaban J connectivity index is 2.50. The smallest absolute Gasteiger partial charge is 0.154 e. The molecular weight excluding hydrogens is 178 g/mol. The van der Waals surface area contributed by atoms with E-state index in [0.717, 1.165) is 11.0 Å². The molecule has 0 saturated heterocycles. The van der Waals surface area contributed by atoms with Crippen molar-refractivity contribution in [1.82, 2.24) is 0 Å². The molecule has 0 aliphatic carbocycles. The molecule has 1 aromatic carbocycles. The Bertz CT molecular complexity index is 440. The van der Waals surface area contributed by atoms with E-state index in [1.165, 1.54) is 6.92 Å². The van der Waals surface area contributed by atoms with Crippen molar-refractivity contribution in [3.05, 3.63) is 36.1 Å². The molecule has 1 atom stereocenters. The number of nitrogens with two attached hydrogens (primary N) is 1. The van der Waals surface area contributed by atoms with Crippen LogP contribution in [0, 0.1) is 0 Å². The summed E-state index contributed by atoms with van der Waals surface area (Å²) >= 11 is 0. The van der Waals surface area contributed by atoms with Gasteiger partial charge < -0.3 is 10.2 Å². The van der Waals surface area contributed by atoms with E-state index >= 15 is 0 Å². The molecule has 3 heteroatoms. The summed E-state index contributed by atoms with van der Waals surface area (Å²) in [4.78, 5) is 11.0. The highest BCUT2D eigenvalue weighted by Gasteiger charge is 2.15. The molecule has 1 aromatic heterocycles. The van der Waals surface area contributed by atoms with Gasteiger partial charge in [-0.25, -0.2) is 0 Å². The van der Waals surface area contributed by atoms with Gasteiger partial charge in [-0.15, -0.1) is 0 Å². The zero-order chi connectivity index (χ0) is 10.1. The lowest BCUT2D eigenvalue weighted by Crippen LogP contribution is -2.17. The lowest BCUT2D eigenvalue weighted by Gasteiger charge is -2.01. The summed E-state index contributed by atoms with van der Waals surface area (Å²) in [5.74, 6) is 0.433. The highest BCUT2D eigenvalue weighted by atomic mass is 16.3. The number of ketones is 1. The van der Waals surface area contributed by atoms with Crippen LogP contribution in [0.25, 0.3) is 11.0 Å². The van der Waals surface area contributed by atoms with Crippen molar-refractivity contribution < 1.29 is 9.21 Å². The van der Waals surface area contributed by atoms with E-state index in [-0.39, 0.29) is 5.78 Å². The first-order chi connectivity index (χ1) is 6.68. The topological polar surface area (TPSA) is 56.2 Å². The second-order valence-electron chi connectivity index (χ2n) is 3.27. The highest BCUT2D eigenvalue weighted by molar-refractivity contribution is 5.84. The molecule has 2 aromatic rings. The molecule has 0 spiro atoms. The first-order valence-electron chi connectivity index (χ1n) is 4.43. The second kappa shape index (κ2) is 3.27. The van der Waals surface area contributed by atoms with E-state index in [0.29, 0.717) is 5.76 Å².